The molecule has 2 aromatic rings. The van der Waals surface area contributed by atoms with Crippen LogP contribution in [0.4, 0.5) is 17.6 Å². The maximum atomic E-state index is 14.5. The van der Waals surface area contributed by atoms with Crippen LogP contribution in [0.3, 0.4) is 0 Å². The highest BCUT2D eigenvalue weighted by atomic mass is 19.2. The average molecular weight is 362 g/mol. The Bertz CT molecular complexity index is 813. The van der Waals surface area contributed by atoms with Gasteiger partial charge in [-0.25, -0.2) is 17.6 Å². The van der Waals surface area contributed by atoms with Crippen molar-refractivity contribution < 1.29 is 17.6 Å². The van der Waals surface area contributed by atoms with Crippen LogP contribution in [0.1, 0.15) is 61.3 Å². The summed E-state index contributed by atoms with van der Waals surface area (Å²) in [4.78, 5) is 0. The molecule has 0 amide bonds. The van der Waals surface area contributed by atoms with Gasteiger partial charge in [0.25, 0.3) is 0 Å². The van der Waals surface area contributed by atoms with Crippen LogP contribution in [0.2, 0.25) is 0 Å². The second kappa shape index (κ2) is 8.07. The molecule has 0 nitrogen and oxygen atoms in total. The van der Waals surface area contributed by atoms with E-state index in [4.69, 9.17) is 0 Å². The van der Waals surface area contributed by atoms with Crippen LogP contribution < -0.4 is 0 Å². The molecular formula is C22H22F4. The summed E-state index contributed by atoms with van der Waals surface area (Å²) in [6, 6.07) is 4.92. The van der Waals surface area contributed by atoms with E-state index in [1.807, 2.05) is 0 Å². The van der Waals surface area contributed by atoms with Gasteiger partial charge in [-0.15, -0.1) is 0 Å². The van der Waals surface area contributed by atoms with Crippen molar-refractivity contribution in [3.63, 3.8) is 0 Å². The molecular weight excluding hydrogens is 340 g/mol. The smallest absolute Gasteiger partial charge is 0.159 e. The van der Waals surface area contributed by atoms with Gasteiger partial charge in [0.2, 0.25) is 0 Å². The van der Waals surface area contributed by atoms with Crippen molar-refractivity contribution in [3.05, 3.63) is 69.8 Å². The molecule has 3 rings (SSSR count). The zero-order chi connectivity index (χ0) is 18.7. The third kappa shape index (κ3) is 4.00. The molecule has 26 heavy (non-hydrogen) atoms. The predicted molar refractivity (Wildman–Crippen MR) is 96.8 cm³/mol. The molecule has 0 saturated carbocycles. The minimum Gasteiger partial charge on any atom is -0.206 e. The number of allylic oxidation sites excluding steroid dienone is 1. The van der Waals surface area contributed by atoms with Crippen LogP contribution in [0.5, 0.6) is 0 Å². The Balaban J connectivity index is 1.76. The van der Waals surface area contributed by atoms with Crippen LogP contribution in [-0.2, 0) is 12.8 Å². The Morgan fingerprint density at radius 1 is 0.769 bits per heavy atom. The number of hydrogen-bond acceptors (Lipinski definition) is 0. The Hall–Kier alpha value is -2.10. The second-order valence-electron chi connectivity index (χ2n) is 6.91. The van der Waals surface area contributed by atoms with Crippen molar-refractivity contribution in [1.82, 2.24) is 0 Å². The van der Waals surface area contributed by atoms with Crippen molar-refractivity contribution in [2.45, 2.75) is 51.9 Å². The van der Waals surface area contributed by atoms with Gasteiger partial charge < -0.3 is 0 Å². The van der Waals surface area contributed by atoms with Gasteiger partial charge >= 0.3 is 0 Å². The van der Waals surface area contributed by atoms with E-state index < -0.39 is 23.3 Å². The average Bonchev–Trinajstić information content (AvgIpc) is 2.96. The largest absolute Gasteiger partial charge is 0.206 e. The molecule has 1 aliphatic rings. The van der Waals surface area contributed by atoms with Crippen LogP contribution >= 0.6 is 0 Å². The lowest BCUT2D eigenvalue weighted by Gasteiger charge is -2.09. The van der Waals surface area contributed by atoms with E-state index in [-0.39, 0.29) is 12.0 Å². The van der Waals surface area contributed by atoms with Gasteiger partial charge in [-0.2, -0.15) is 0 Å². The molecule has 0 fully saturated rings. The molecule has 0 aliphatic heterocycles. The first-order valence-corrected chi connectivity index (χ1v) is 9.16. The Morgan fingerprint density at radius 3 is 2.12 bits per heavy atom. The minimum atomic E-state index is -0.958. The maximum absolute atomic E-state index is 14.5. The molecule has 0 atom stereocenters. The number of fused-ring (bicyclic) bond motifs is 1. The van der Waals surface area contributed by atoms with Crippen LogP contribution in [0, 0.1) is 23.3 Å². The van der Waals surface area contributed by atoms with Gasteiger partial charge in [0.1, 0.15) is 11.6 Å². The first kappa shape index (κ1) is 18.7. The van der Waals surface area contributed by atoms with Crippen molar-refractivity contribution in [1.29, 1.82) is 0 Å². The second-order valence-corrected chi connectivity index (χ2v) is 6.91. The van der Waals surface area contributed by atoms with Crippen molar-refractivity contribution >= 4 is 11.6 Å². The molecule has 0 N–H and O–H groups in total. The number of rotatable bonds is 7. The summed E-state index contributed by atoms with van der Waals surface area (Å²) >= 11 is 0. The van der Waals surface area contributed by atoms with Gasteiger partial charge in [0.15, 0.2) is 11.6 Å². The normalized spacial score (nSPS) is 13.0. The van der Waals surface area contributed by atoms with E-state index >= 15 is 0 Å². The summed E-state index contributed by atoms with van der Waals surface area (Å²) in [6.07, 6.45) is 7.80. The summed E-state index contributed by atoms with van der Waals surface area (Å²) in [7, 11) is 0. The van der Waals surface area contributed by atoms with Crippen LogP contribution in [0.25, 0.3) is 11.6 Å². The Labute approximate surface area is 151 Å². The number of hydrogen-bond donors (Lipinski definition) is 0. The highest BCUT2D eigenvalue weighted by molar-refractivity contribution is 5.89. The molecule has 0 spiro atoms. The van der Waals surface area contributed by atoms with Gasteiger partial charge in [0.05, 0.1) is 0 Å². The molecule has 0 heterocycles. The topological polar surface area (TPSA) is 0 Å². The van der Waals surface area contributed by atoms with E-state index in [0.717, 1.165) is 37.8 Å². The van der Waals surface area contributed by atoms with Crippen molar-refractivity contribution in [3.8, 4) is 0 Å². The molecule has 0 unspecified atom stereocenters. The first-order valence-electron chi connectivity index (χ1n) is 9.16. The summed E-state index contributed by atoms with van der Waals surface area (Å²) in [5, 5.41) is 0. The molecule has 1 aliphatic carbocycles. The fourth-order valence-electron chi connectivity index (χ4n) is 3.50. The highest BCUT2D eigenvalue weighted by Gasteiger charge is 2.22. The fourth-order valence-corrected chi connectivity index (χ4v) is 3.50. The summed E-state index contributed by atoms with van der Waals surface area (Å²) < 4.78 is 55.8. The zero-order valence-corrected chi connectivity index (χ0v) is 14.8. The zero-order valence-electron chi connectivity index (χ0n) is 14.8. The summed E-state index contributed by atoms with van der Waals surface area (Å²) in [6.45, 7) is 2.14. The SMILES string of the molecule is CCCCCCCc1cc(F)c(C2=Cc3cc(F)c(F)cc3C2)c(F)c1. The third-order valence-electron chi connectivity index (χ3n) is 4.88. The van der Waals surface area contributed by atoms with Gasteiger partial charge in [0, 0.05) is 5.56 Å². The molecule has 0 bridgehead atoms. The van der Waals surface area contributed by atoms with E-state index in [9.17, 15) is 17.6 Å². The number of benzene rings is 2. The van der Waals surface area contributed by atoms with E-state index in [1.54, 1.807) is 0 Å². The van der Waals surface area contributed by atoms with Crippen molar-refractivity contribution in [2.75, 3.05) is 0 Å². The number of unbranched alkanes of at least 4 members (excludes halogenated alkanes) is 4. The monoisotopic (exact) mass is 362 g/mol. The molecule has 2 aromatic carbocycles. The lowest BCUT2D eigenvalue weighted by Crippen LogP contribution is -1.99. The molecule has 0 radical (unpaired) electrons. The summed E-state index contributed by atoms with van der Waals surface area (Å²) in [5.74, 6) is -3.14. The quantitative estimate of drug-likeness (QED) is 0.373. The van der Waals surface area contributed by atoms with E-state index in [0.29, 0.717) is 28.7 Å². The number of aryl methyl sites for hydroxylation is 1. The molecule has 4 heteroatoms. The van der Waals surface area contributed by atoms with E-state index in [1.165, 1.54) is 24.6 Å². The third-order valence-corrected chi connectivity index (χ3v) is 4.88. The van der Waals surface area contributed by atoms with Gasteiger partial charge in [-0.05, 0) is 65.8 Å². The van der Waals surface area contributed by atoms with Crippen LogP contribution in [0.15, 0.2) is 24.3 Å². The van der Waals surface area contributed by atoms with Gasteiger partial charge in [-0.3, -0.25) is 0 Å². The Kier molecular flexibility index (Phi) is 5.80. The number of halogens is 4. The predicted octanol–water partition coefficient (Wildman–Crippen LogP) is 6.85. The lowest BCUT2D eigenvalue weighted by molar-refractivity contribution is 0.507. The Morgan fingerprint density at radius 2 is 1.42 bits per heavy atom. The van der Waals surface area contributed by atoms with E-state index in [2.05, 4.69) is 6.92 Å². The highest BCUT2D eigenvalue weighted by Crippen LogP contribution is 2.35. The van der Waals surface area contributed by atoms with Gasteiger partial charge in [-0.1, -0.05) is 38.7 Å². The molecule has 0 aromatic heterocycles. The van der Waals surface area contributed by atoms with Crippen LogP contribution in [-0.4, -0.2) is 0 Å². The van der Waals surface area contributed by atoms with Crippen molar-refractivity contribution in [2.24, 2.45) is 0 Å². The fraction of sp³-hybridized carbons (Fsp3) is 0.364. The summed E-state index contributed by atoms with van der Waals surface area (Å²) in [5.41, 5.74) is 1.97. The lowest BCUT2D eigenvalue weighted by atomic mass is 9.98. The maximum Gasteiger partial charge on any atom is 0.159 e. The standard InChI is InChI=1S/C22H22F4/c1-2-3-4-5-6-7-14-8-20(25)22(21(26)9-14)17-10-15-12-18(23)19(24)13-16(15)11-17/h8-10,12-13H,2-7,11H2,1H3. The minimum absolute atomic E-state index is 0.100. The molecule has 0 saturated heterocycles. The first-order chi connectivity index (χ1) is 12.5. The molecule has 138 valence electrons.